The zero-order valence-corrected chi connectivity index (χ0v) is 17.6. The fourth-order valence-corrected chi connectivity index (χ4v) is 4.64. The summed E-state index contributed by atoms with van der Waals surface area (Å²) < 4.78 is 61.5. The van der Waals surface area contributed by atoms with Gasteiger partial charge in [0.2, 0.25) is 0 Å². The lowest BCUT2D eigenvalue weighted by molar-refractivity contribution is -0.186. The van der Waals surface area contributed by atoms with Gasteiger partial charge in [-0.05, 0) is 46.9 Å². The number of halogens is 3. The Hall–Kier alpha value is -3.10. The van der Waals surface area contributed by atoms with Crippen LogP contribution in [0, 0.1) is 0 Å². The van der Waals surface area contributed by atoms with Crippen LogP contribution in [0.3, 0.4) is 0 Å². The molecule has 0 bridgehead atoms. The Kier molecular flexibility index (Phi) is 5.15. The van der Waals surface area contributed by atoms with Crippen molar-refractivity contribution in [3.8, 4) is 34.1 Å². The highest BCUT2D eigenvalue weighted by Gasteiger charge is 2.46. The number of carbonyl (C=O) groups excluding carboxylic acids is 1. The van der Waals surface area contributed by atoms with E-state index < -0.39 is 12.1 Å². The third-order valence-electron chi connectivity index (χ3n) is 5.88. The largest absolute Gasteiger partial charge is 0.493 e. The molecule has 1 aliphatic carbocycles. The lowest BCUT2D eigenvalue weighted by atomic mass is 9.74. The van der Waals surface area contributed by atoms with Gasteiger partial charge in [-0.15, -0.1) is 0 Å². The van der Waals surface area contributed by atoms with E-state index in [1.54, 1.807) is 6.07 Å². The molecule has 2 aliphatic rings. The standard InChI is InChI=1S/C22H22F3NO5/c1-28-15-6-11-5-12-9-26(21(27)22(23,24)25)10-13-7-17(30-3)20(31-4)19(18(12)13)14(11)8-16(15)29-2/h6-8,12H,5,9-10H2,1-4H3. The van der Waals surface area contributed by atoms with Gasteiger partial charge in [0.25, 0.3) is 0 Å². The zero-order chi connectivity index (χ0) is 22.5. The average molecular weight is 437 g/mol. The van der Waals surface area contributed by atoms with E-state index in [1.165, 1.54) is 28.4 Å². The number of ether oxygens (including phenoxy) is 4. The zero-order valence-electron chi connectivity index (χ0n) is 17.6. The van der Waals surface area contributed by atoms with Gasteiger partial charge in [0.1, 0.15) is 0 Å². The molecule has 0 fully saturated rings. The molecule has 0 N–H and O–H groups in total. The molecule has 9 heteroatoms. The van der Waals surface area contributed by atoms with Gasteiger partial charge in [-0.25, -0.2) is 0 Å². The monoisotopic (exact) mass is 437 g/mol. The molecule has 0 radical (unpaired) electrons. The second-order valence-electron chi connectivity index (χ2n) is 7.51. The van der Waals surface area contributed by atoms with Gasteiger partial charge in [-0.1, -0.05) is 0 Å². The van der Waals surface area contributed by atoms with Crippen molar-refractivity contribution in [1.82, 2.24) is 4.90 Å². The SMILES string of the molecule is COc1cc2c(cc1OC)-c1c(OC)c(OC)cc3c1C(C2)CN(C(=O)C(F)(F)F)C3. The average Bonchev–Trinajstić information content (AvgIpc) is 2.76. The minimum atomic E-state index is -4.93. The first-order valence-corrected chi connectivity index (χ1v) is 9.62. The predicted molar refractivity (Wildman–Crippen MR) is 106 cm³/mol. The van der Waals surface area contributed by atoms with Gasteiger partial charge < -0.3 is 23.8 Å². The number of alkyl halides is 3. The van der Waals surface area contributed by atoms with Crippen molar-refractivity contribution >= 4 is 5.91 Å². The summed E-state index contributed by atoms with van der Waals surface area (Å²) in [5, 5.41) is 0. The number of fused-ring (bicyclic) bond motifs is 2. The van der Waals surface area contributed by atoms with Crippen molar-refractivity contribution in [2.75, 3.05) is 35.0 Å². The Morgan fingerprint density at radius 2 is 1.55 bits per heavy atom. The normalized spacial score (nSPS) is 16.9. The molecule has 0 saturated heterocycles. The first-order chi connectivity index (χ1) is 14.7. The number of hydrogen-bond acceptors (Lipinski definition) is 5. The summed E-state index contributed by atoms with van der Waals surface area (Å²) in [5.41, 5.74) is 3.96. The smallest absolute Gasteiger partial charge is 0.471 e. The van der Waals surface area contributed by atoms with Gasteiger partial charge in [0.05, 0.1) is 28.4 Å². The highest BCUT2D eigenvalue weighted by Crippen LogP contribution is 2.53. The summed E-state index contributed by atoms with van der Waals surface area (Å²) in [6.45, 7) is -0.193. The van der Waals surface area contributed by atoms with Crippen LogP contribution in [-0.2, 0) is 17.8 Å². The van der Waals surface area contributed by atoms with Crippen molar-refractivity contribution in [1.29, 1.82) is 0 Å². The van der Waals surface area contributed by atoms with Crippen molar-refractivity contribution in [2.45, 2.75) is 25.1 Å². The molecule has 0 spiro atoms. The molecule has 1 atom stereocenters. The summed E-state index contributed by atoms with van der Waals surface area (Å²) >= 11 is 0. The summed E-state index contributed by atoms with van der Waals surface area (Å²) in [5.74, 6) is -0.231. The van der Waals surface area contributed by atoms with Gasteiger partial charge in [-0.3, -0.25) is 4.79 Å². The lowest BCUT2D eigenvalue weighted by Crippen LogP contribution is -2.46. The number of rotatable bonds is 4. The summed E-state index contributed by atoms with van der Waals surface area (Å²) in [6, 6.07) is 5.32. The van der Waals surface area contributed by atoms with Crippen LogP contribution < -0.4 is 18.9 Å². The Balaban J connectivity index is 1.96. The van der Waals surface area contributed by atoms with Crippen LogP contribution in [0.5, 0.6) is 23.0 Å². The Morgan fingerprint density at radius 1 is 0.935 bits per heavy atom. The number of methoxy groups -OCH3 is 4. The predicted octanol–water partition coefficient (Wildman–Crippen LogP) is 3.93. The molecular formula is C22H22F3NO5. The van der Waals surface area contributed by atoms with Crippen molar-refractivity contribution < 1.29 is 36.9 Å². The van der Waals surface area contributed by atoms with Crippen molar-refractivity contribution in [2.24, 2.45) is 0 Å². The summed E-state index contributed by atoms with van der Waals surface area (Å²) in [6.07, 6.45) is -4.48. The summed E-state index contributed by atoms with van der Waals surface area (Å²) in [4.78, 5) is 12.9. The fraction of sp³-hybridized carbons (Fsp3) is 0.409. The topological polar surface area (TPSA) is 57.2 Å². The highest BCUT2D eigenvalue weighted by atomic mass is 19.4. The molecule has 2 aromatic carbocycles. The van der Waals surface area contributed by atoms with E-state index in [-0.39, 0.29) is 19.0 Å². The molecule has 2 aromatic rings. The van der Waals surface area contributed by atoms with Gasteiger partial charge >= 0.3 is 12.1 Å². The maximum absolute atomic E-state index is 13.2. The van der Waals surface area contributed by atoms with Gasteiger partial charge in [0.15, 0.2) is 23.0 Å². The van der Waals surface area contributed by atoms with Gasteiger partial charge in [-0.2, -0.15) is 13.2 Å². The van der Waals surface area contributed by atoms with Crippen LogP contribution in [0.25, 0.3) is 11.1 Å². The molecule has 166 valence electrons. The Morgan fingerprint density at radius 3 is 2.13 bits per heavy atom. The molecule has 1 heterocycles. The highest BCUT2D eigenvalue weighted by molar-refractivity contribution is 5.87. The number of nitrogens with zero attached hydrogens (tertiary/aromatic N) is 1. The molecular weight excluding hydrogens is 415 g/mol. The van der Waals surface area contributed by atoms with E-state index in [0.717, 1.165) is 27.2 Å². The van der Waals surface area contributed by atoms with Crippen LogP contribution in [0.2, 0.25) is 0 Å². The van der Waals surface area contributed by atoms with E-state index in [4.69, 9.17) is 18.9 Å². The first kappa shape index (κ1) is 21.1. The molecule has 0 saturated carbocycles. The lowest BCUT2D eigenvalue weighted by Gasteiger charge is -2.40. The second kappa shape index (κ2) is 7.55. The quantitative estimate of drug-likeness (QED) is 0.726. The van der Waals surface area contributed by atoms with Crippen LogP contribution in [0.1, 0.15) is 22.6 Å². The van der Waals surface area contributed by atoms with Crippen LogP contribution >= 0.6 is 0 Å². The molecule has 6 nitrogen and oxygen atoms in total. The van der Waals surface area contributed by atoms with Crippen LogP contribution in [0.15, 0.2) is 18.2 Å². The van der Waals surface area contributed by atoms with Crippen molar-refractivity contribution in [3.05, 3.63) is 34.9 Å². The molecule has 0 aromatic heterocycles. The number of carbonyl (C=O) groups is 1. The first-order valence-electron chi connectivity index (χ1n) is 9.62. The third-order valence-corrected chi connectivity index (χ3v) is 5.88. The minimum Gasteiger partial charge on any atom is -0.493 e. The van der Waals surface area contributed by atoms with E-state index >= 15 is 0 Å². The number of benzene rings is 2. The maximum atomic E-state index is 13.2. The Labute approximate surface area is 177 Å². The number of hydrogen-bond donors (Lipinski definition) is 0. The van der Waals surface area contributed by atoms with E-state index in [9.17, 15) is 18.0 Å². The molecule has 31 heavy (non-hydrogen) atoms. The van der Waals surface area contributed by atoms with Crippen molar-refractivity contribution in [3.63, 3.8) is 0 Å². The Bertz CT molecular complexity index is 1050. The van der Waals surface area contributed by atoms with E-state index in [1.807, 2.05) is 12.1 Å². The van der Waals surface area contributed by atoms with Crippen LogP contribution in [0.4, 0.5) is 13.2 Å². The fourth-order valence-electron chi connectivity index (χ4n) is 4.64. The van der Waals surface area contributed by atoms with E-state index in [2.05, 4.69) is 0 Å². The minimum absolute atomic E-state index is 0.0401. The molecule has 1 unspecified atom stereocenters. The summed E-state index contributed by atoms with van der Waals surface area (Å²) in [7, 11) is 6.04. The molecule has 4 rings (SSSR count). The van der Waals surface area contributed by atoms with Gasteiger partial charge in [0, 0.05) is 24.6 Å². The van der Waals surface area contributed by atoms with Crippen LogP contribution in [-0.4, -0.2) is 52.0 Å². The molecule has 1 aliphatic heterocycles. The third kappa shape index (κ3) is 3.32. The molecule has 1 amide bonds. The number of amides is 1. The second-order valence-corrected chi connectivity index (χ2v) is 7.51. The maximum Gasteiger partial charge on any atom is 0.471 e. The van der Waals surface area contributed by atoms with E-state index in [0.29, 0.717) is 35.0 Å².